The van der Waals surface area contributed by atoms with Gasteiger partial charge in [0, 0.05) is 31.1 Å². The van der Waals surface area contributed by atoms with Gasteiger partial charge in [-0.2, -0.15) is 0 Å². The molecular weight excluding hydrogens is 368 g/mol. The molecule has 2 aromatic rings. The first-order valence-electron chi connectivity index (χ1n) is 10.1. The molecule has 1 aromatic heterocycles. The van der Waals surface area contributed by atoms with Crippen molar-refractivity contribution in [2.75, 3.05) is 18.8 Å². The second kappa shape index (κ2) is 8.68. The number of nitrogens with zero attached hydrogens (tertiary/aromatic N) is 2. The lowest BCUT2D eigenvalue weighted by molar-refractivity contribution is -0.134. The van der Waals surface area contributed by atoms with Gasteiger partial charge in [-0.1, -0.05) is 12.1 Å². The number of piperidine rings is 1. The quantitative estimate of drug-likeness (QED) is 0.824. The van der Waals surface area contributed by atoms with Crippen molar-refractivity contribution in [2.24, 2.45) is 0 Å². The lowest BCUT2D eigenvalue weighted by Gasteiger charge is -2.31. The zero-order valence-electron chi connectivity index (χ0n) is 17.4. The van der Waals surface area contributed by atoms with Gasteiger partial charge in [-0.15, -0.1) is 0 Å². The first-order valence-corrected chi connectivity index (χ1v) is 10.1. The van der Waals surface area contributed by atoms with E-state index in [1.165, 1.54) is 0 Å². The smallest absolute Gasteiger partial charge is 0.408 e. The Morgan fingerprint density at radius 3 is 2.62 bits per heavy atom. The predicted molar refractivity (Wildman–Crippen MR) is 113 cm³/mol. The van der Waals surface area contributed by atoms with E-state index in [2.05, 4.69) is 10.3 Å². The average Bonchev–Trinajstić information content (AvgIpc) is 2.67. The molecule has 0 spiro atoms. The molecule has 7 heteroatoms. The molecule has 1 aliphatic rings. The van der Waals surface area contributed by atoms with Gasteiger partial charge >= 0.3 is 6.09 Å². The maximum absolute atomic E-state index is 13.2. The summed E-state index contributed by atoms with van der Waals surface area (Å²) in [6.45, 7) is 6.84. The molecule has 7 nitrogen and oxygen atoms in total. The Labute approximate surface area is 171 Å². The van der Waals surface area contributed by atoms with E-state index in [-0.39, 0.29) is 5.91 Å². The molecule has 2 amide bonds. The molecule has 1 atom stereocenters. The Hall–Kier alpha value is -2.83. The van der Waals surface area contributed by atoms with Gasteiger partial charge in [-0.05, 0) is 63.1 Å². The van der Waals surface area contributed by atoms with Crippen LogP contribution in [0.15, 0.2) is 30.5 Å². The van der Waals surface area contributed by atoms with E-state index in [9.17, 15) is 9.59 Å². The van der Waals surface area contributed by atoms with Crippen LogP contribution >= 0.6 is 0 Å². The zero-order valence-corrected chi connectivity index (χ0v) is 17.4. The minimum Gasteiger partial charge on any atom is -0.444 e. The van der Waals surface area contributed by atoms with Gasteiger partial charge in [0.1, 0.15) is 17.5 Å². The third kappa shape index (κ3) is 5.59. The van der Waals surface area contributed by atoms with Gasteiger partial charge in [0.2, 0.25) is 5.91 Å². The van der Waals surface area contributed by atoms with Crippen molar-refractivity contribution in [1.82, 2.24) is 15.2 Å². The number of nitrogen functional groups attached to an aromatic ring is 1. The number of nitrogens with one attached hydrogen (secondary N) is 1. The molecule has 1 saturated heterocycles. The van der Waals surface area contributed by atoms with Crippen molar-refractivity contribution < 1.29 is 14.3 Å². The first-order chi connectivity index (χ1) is 13.7. The zero-order chi connectivity index (χ0) is 21.0. The van der Waals surface area contributed by atoms with Crippen molar-refractivity contribution >= 4 is 28.6 Å². The number of benzene rings is 1. The highest BCUT2D eigenvalue weighted by Gasteiger charge is 2.29. The Kier molecular flexibility index (Phi) is 6.25. The number of nitrogens with two attached hydrogens (primary N) is 1. The maximum atomic E-state index is 13.2. The van der Waals surface area contributed by atoms with Crippen LogP contribution in [0.4, 0.5) is 10.6 Å². The van der Waals surface area contributed by atoms with E-state index >= 15 is 0 Å². The normalized spacial score (nSPS) is 15.8. The Bertz CT molecular complexity index is 885. The lowest BCUT2D eigenvalue weighted by Crippen LogP contribution is -2.51. The van der Waals surface area contributed by atoms with Crippen molar-refractivity contribution in [3.63, 3.8) is 0 Å². The SMILES string of the molecule is CC(C)(C)OC(=O)NC(Cc1ccc2ccnc(N)c2c1)C(=O)N1CCCCC1. The number of amides is 2. The number of likely N-dealkylation sites (tertiary alicyclic amines) is 1. The molecule has 2 heterocycles. The summed E-state index contributed by atoms with van der Waals surface area (Å²) in [4.78, 5) is 31.5. The Morgan fingerprint density at radius 1 is 1.21 bits per heavy atom. The molecule has 156 valence electrons. The van der Waals surface area contributed by atoms with Crippen LogP contribution in [0, 0.1) is 0 Å². The fraction of sp³-hybridized carbons (Fsp3) is 0.500. The van der Waals surface area contributed by atoms with Crippen LogP contribution in [0.25, 0.3) is 10.8 Å². The van der Waals surface area contributed by atoms with E-state index in [0.29, 0.717) is 12.2 Å². The van der Waals surface area contributed by atoms with Crippen molar-refractivity contribution in [1.29, 1.82) is 0 Å². The molecule has 3 N–H and O–H groups in total. The molecule has 1 aromatic carbocycles. The van der Waals surface area contributed by atoms with Gasteiger partial charge in [0.25, 0.3) is 0 Å². The number of hydrogen-bond donors (Lipinski definition) is 2. The minimum atomic E-state index is -0.696. The Morgan fingerprint density at radius 2 is 1.93 bits per heavy atom. The summed E-state index contributed by atoms with van der Waals surface area (Å²) >= 11 is 0. The second-order valence-electron chi connectivity index (χ2n) is 8.54. The number of anilines is 1. The summed E-state index contributed by atoms with van der Waals surface area (Å²) in [5.74, 6) is 0.373. The third-order valence-corrected chi connectivity index (χ3v) is 4.96. The number of alkyl carbamates (subject to hydrolysis) is 1. The minimum absolute atomic E-state index is 0.0742. The van der Waals surface area contributed by atoms with Crippen LogP contribution in [0.3, 0.4) is 0 Å². The third-order valence-electron chi connectivity index (χ3n) is 4.96. The predicted octanol–water partition coefficient (Wildman–Crippen LogP) is 3.27. The van der Waals surface area contributed by atoms with Crippen LogP contribution < -0.4 is 11.1 Å². The first kappa shape index (κ1) is 20.9. The highest BCUT2D eigenvalue weighted by Crippen LogP contribution is 2.22. The molecule has 1 aliphatic heterocycles. The highest BCUT2D eigenvalue weighted by molar-refractivity contribution is 5.91. The summed E-state index contributed by atoms with van der Waals surface area (Å²) in [5.41, 5.74) is 6.28. The number of carbonyl (C=O) groups is 2. The summed E-state index contributed by atoms with van der Waals surface area (Å²) in [5, 5.41) is 4.61. The molecule has 0 aliphatic carbocycles. The molecule has 0 radical (unpaired) electrons. The van der Waals surface area contributed by atoms with Crippen molar-refractivity contribution in [2.45, 2.75) is 58.1 Å². The van der Waals surface area contributed by atoms with E-state index in [4.69, 9.17) is 10.5 Å². The Balaban J connectivity index is 1.82. The standard InChI is InChI=1S/C22H30N4O3/c1-22(2,3)29-21(28)25-18(20(27)26-11-5-4-6-12-26)14-15-7-8-16-9-10-24-19(23)17(16)13-15/h7-10,13,18H,4-6,11-12,14H2,1-3H3,(H2,23,24)(H,25,28). The van der Waals surface area contributed by atoms with Gasteiger partial charge in [0.05, 0.1) is 0 Å². The monoisotopic (exact) mass is 398 g/mol. The van der Waals surface area contributed by atoms with E-state index in [1.807, 2.05) is 29.2 Å². The van der Waals surface area contributed by atoms with E-state index < -0.39 is 17.7 Å². The number of carbonyl (C=O) groups excluding carboxylic acids is 2. The van der Waals surface area contributed by atoms with Gasteiger partial charge in [-0.25, -0.2) is 9.78 Å². The average molecular weight is 399 g/mol. The van der Waals surface area contributed by atoms with Crippen LogP contribution in [0.5, 0.6) is 0 Å². The number of rotatable bonds is 4. The number of fused-ring (bicyclic) bond motifs is 1. The summed E-state index contributed by atoms with van der Waals surface area (Å²) in [7, 11) is 0. The molecule has 3 rings (SSSR count). The van der Waals surface area contributed by atoms with Crippen LogP contribution in [-0.2, 0) is 16.0 Å². The van der Waals surface area contributed by atoms with Gasteiger partial charge in [0.15, 0.2) is 0 Å². The summed E-state index contributed by atoms with van der Waals surface area (Å²) < 4.78 is 5.38. The van der Waals surface area contributed by atoms with Gasteiger partial charge < -0.3 is 20.7 Å². The number of hydrogen-bond acceptors (Lipinski definition) is 5. The van der Waals surface area contributed by atoms with Crippen LogP contribution in [-0.4, -0.2) is 46.6 Å². The lowest BCUT2D eigenvalue weighted by atomic mass is 10.0. The van der Waals surface area contributed by atoms with Crippen molar-refractivity contribution in [3.8, 4) is 0 Å². The number of pyridine rings is 1. The maximum Gasteiger partial charge on any atom is 0.408 e. The molecule has 0 saturated carbocycles. The van der Waals surface area contributed by atoms with E-state index in [1.54, 1.807) is 27.0 Å². The van der Waals surface area contributed by atoms with Crippen molar-refractivity contribution in [3.05, 3.63) is 36.0 Å². The molecule has 29 heavy (non-hydrogen) atoms. The fourth-order valence-corrected chi connectivity index (χ4v) is 3.59. The fourth-order valence-electron chi connectivity index (χ4n) is 3.59. The molecule has 1 unspecified atom stereocenters. The van der Waals surface area contributed by atoms with Gasteiger partial charge in [-0.3, -0.25) is 4.79 Å². The molecule has 0 bridgehead atoms. The summed E-state index contributed by atoms with van der Waals surface area (Å²) in [6, 6.07) is 7.04. The molecule has 1 fully saturated rings. The highest BCUT2D eigenvalue weighted by atomic mass is 16.6. The number of ether oxygens (including phenoxy) is 1. The van der Waals surface area contributed by atoms with E-state index in [0.717, 1.165) is 48.7 Å². The topological polar surface area (TPSA) is 97.5 Å². The van der Waals surface area contributed by atoms with Crippen LogP contribution in [0.2, 0.25) is 0 Å². The largest absolute Gasteiger partial charge is 0.444 e. The second-order valence-corrected chi connectivity index (χ2v) is 8.54. The number of aromatic nitrogens is 1. The molecular formula is C22H30N4O3. The summed E-state index contributed by atoms with van der Waals surface area (Å²) in [6.07, 6.45) is 4.55. The van der Waals surface area contributed by atoms with Crippen LogP contribution in [0.1, 0.15) is 45.6 Å².